The van der Waals surface area contributed by atoms with Gasteiger partial charge in [-0.2, -0.15) is 0 Å². The van der Waals surface area contributed by atoms with Crippen LogP contribution in [0.3, 0.4) is 0 Å². The first-order chi connectivity index (χ1) is 5.29. The van der Waals surface area contributed by atoms with Crippen molar-refractivity contribution in [3.8, 4) is 0 Å². The molecule has 0 radical (unpaired) electrons. The Labute approximate surface area is 65.9 Å². The zero-order valence-corrected chi connectivity index (χ0v) is 6.49. The van der Waals surface area contributed by atoms with Crippen LogP contribution in [0.2, 0.25) is 0 Å². The number of nitrogens with zero attached hydrogens (tertiary/aromatic N) is 2. The first-order valence-electron chi connectivity index (χ1n) is 3.55. The van der Waals surface area contributed by atoms with E-state index in [2.05, 4.69) is 15.3 Å². The van der Waals surface area contributed by atoms with Gasteiger partial charge in [-0.1, -0.05) is 0 Å². The van der Waals surface area contributed by atoms with Crippen molar-refractivity contribution in [3.05, 3.63) is 18.5 Å². The lowest BCUT2D eigenvalue weighted by Crippen LogP contribution is -2.25. The highest BCUT2D eigenvalue weighted by atomic mass is 15.1. The van der Waals surface area contributed by atoms with E-state index >= 15 is 0 Å². The van der Waals surface area contributed by atoms with Crippen LogP contribution in [0.25, 0.3) is 0 Å². The highest BCUT2D eigenvalue weighted by Gasteiger charge is 1.94. The Balaban J connectivity index is 2.39. The van der Waals surface area contributed by atoms with E-state index in [4.69, 9.17) is 5.73 Å². The third-order valence-electron chi connectivity index (χ3n) is 1.15. The van der Waals surface area contributed by atoms with Crippen molar-refractivity contribution >= 4 is 5.95 Å². The van der Waals surface area contributed by atoms with Gasteiger partial charge in [0.2, 0.25) is 5.95 Å². The SMILES string of the molecule is CC(N)CNc1ncccn1. The molecule has 1 aromatic rings. The number of anilines is 1. The largest absolute Gasteiger partial charge is 0.353 e. The van der Waals surface area contributed by atoms with Crippen LogP contribution in [0.1, 0.15) is 6.92 Å². The van der Waals surface area contributed by atoms with Crippen LogP contribution in [0.5, 0.6) is 0 Å². The fraction of sp³-hybridized carbons (Fsp3) is 0.429. The molecule has 60 valence electrons. The summed E-state index contributed by atoms with van der Waals surface area (Å²) in [6.45, 7) is 2.62. The third kappa shape index (κ3) is 2.95. The Morgan fingerprint density at radius 1 is 1.55 bits per heavy atom. The van der Waals surface area contributed by atoms with Crippen molar-refractivity contribution in [1.82, 2.24) is 9.97 Å². The van der Waals surface area contributed by atoms with Crippen molar-refractivity contribution in [2.24, 2.45) is 5.73 Å². The minimum absolute atomic E-state index is 0.124. The first kappa shape index (κ1) is 7.94. The van der Waals surface area contributed by atoms with E-state index < -0.39 is 0 Å². The summed E-state index contributed by atoms with van der Waals surface area (Å²) < 4.78 is 0. The highest BCUT2D eigenvalue weighted by Crippen LogP contribution is 1.92. The Hall–Kier alpha value is -1.16. The molecule has 4 nitrogen and oxygen atoms in total. The maximum atomic E-state index is 5.52. The lowest BCUT2D eigenvalue weighted by Gasteiger charge is -2.05. The molecule has 4 heteroatoms. The van der Waals surface area contributed by atoms with Gasteiger partial charge >= 0.3 is 0 Å². The van der Waals surface area contributed by atoms with Gasteiger partial charge in [0.05, 0.1) is 0 Å². The molecule has 0 aliphatic heterocycles. The zero-order valence-electron chi connectivity index (χ0n) is 6.49. The van der Waals surface area contributed by atoms with E-state index in [1.54, 1.807) is 18.5 Å². The van der Waals surface area contributed by atoms with Crippen molar-refractivity contribution in [2.45, 2.75) is 13.0 Å². The molecular weight excluding hydrogens is 140 g/mol. The van der Waals surface area contributed by atoms with Gasteiger partial charge in [0.15, 0.2) is 0 Å². The predicted molar refractivity (Wildman–Crippen MR) is 44.2 cm³/mol. The summed E-state index contributed by atoms with van der Waals surface area (Å²) in [5.41, 5.74) is 5.52. The molecule has 0 spiro atoms. The lowest BCUT2D eigenvalue weighted by molar-refractivity contribution is 0.773. The molecule has 1 atom stereocenters. The number of nitrogens with one attached hydrogen (secondary N) is 1. The van der Waals surface area contributed by atoms with E-state index in [0.717, 1.165) is 0 Å². The molecule has 0 amide bonds. The summed E-state index contributed by atoms with van der Waals surface area (Å²) in [5, 5.41) is 3.00. The molecule has 0 saturated heterocycles. The van der Waals surface area contributed by atoms with E-state index in [1.807, 2.05) is 6.92 Å². The topological polar surface area (TPSA) is 63.8 Å². The number of nitrogens with two attached hydrogens (primary N) is 1. The molecule has 3 N–H and O–H groups in total. The Kier molecular flexibility index (Phi) is 2.80. The molecule has 1 heterocycles. The average molecular weight is 152 g/mol. The van der Waals surface area contributed by atoms with Gasteiger partial charge in [0, 0.05) is 25.0 Å². The molecule has 0 aliphatic carbocycles. The maximum absolute atomic E-state index is 5.52. The molecule has 0 aliphatic rings. The number of hydrogen-bond acceptors (Lipinski definition) is 4. The number of hydrogen-bond donors (Lipinski definition) is 2. The predicted octanol–water partition coefficient (Wildman–Crippen LogP) is 0.236. The summed E-state index contributed by atoms with van der Waals surface area (Å²) in [6, 6.07) is 1.90. The molecule has 0 fully saturated rings. The van der Waals surface area contributed by atoms with Gasteiger partial charge in [-0.25, -0.2) is 9.97 Å². The molecule has 0 saturated carbocycles. The second kappa shape index (κ2) is 3.88. The standard InChI is InChI=1S/C7H12N4/c1-6(8)5-11-7-9-3-2-4-10-7/h2-4,6H,5,8H2,1H3,(H,9,10,11). The number of rotatable bonds is 3. The third-order valence-corrected chi connectivity index (χ3v) is 1.15. The molecular formula is C7H12N4. The Morgan fingerprint density at radius 2 is 2.18 bits per heavy atom. The number of aromatic nitrogens is 2. The fourth-order valence-corrected chi connectivity index (χ4v) is 0.643. The van der Waals surface area contributed by atoms with Crippen LogP contribution >= 0.6 is 0 Å². The highest BCUT2D eigenvalue weighted by molar-refractivity contribution is 5.21. The summed E-state index contributed by atoms with van der Waals surface area (Å²) in [4.78, 5) is 7.95. The first-order valence-corrected chi connectivity index (χ1v) is 3.55. The van der Waals surface area contributed by atoms with Gasteiger partial charge in [-0.15, -0.1) is 0 Å². The Morgan fingerprint density at radius 3 is 2.73 bits per heavy atom. The molecule has 1 rings (SSSR count). The molecule has 11 heavy (non-hydrogen) atoms. The minimum Gasteiger partial charge on any atom is -0.353 e. The van der Waals surface area contributed by atoms with E-state index in [-0.39, 0.29) is 6.04 Å². The summed E-state index contributed by atoms with van der Waals surface area (Å²) >= 11 is 0. The second-order valence-corrected chi connectivity index (χ2v) is 2.43. The van der Waals surface area contributed by atoms with E-state index in [0.29, 0.717) is 12.5 Å². The summed E-state index contributed by atoms with van der Waals surface area (Å²) in [5.74, 6) is 0.629. The van der Waals surface area contributed by atoms with E-state index in [9.17, 15) is 0 Å². The maximum Gasteiger partial charge on any atom is 0.222 e. The van der Waals surface area contributed by atoms with Crippen LogP contribution in [-0.4, -0.2) is 22.6 Å². The van der Waals surface area contributed by atoms with Crippen LogP contribution in [-0.2, 0) is 0 Å². The second-order valence-electron chi connectivity index (χ2n) is 2.43. The van der Waals surface area contributed by atoms with Crippen molar-refractivity contribution in [3.63, 3.8) is 0 Å². The van der Waals surface area contributed by atoms with Gasteiger partial charge in [0.25, 0.3) is 0 Å². The Bertz CT molecular complexity index is 197. The molecule has 0 aromatic carbocycles. The van der Waals surface area contributed by atoms with Crippen molar-refractivity contribution in [1.29, 1.82) is 0 Å². The van der Waals surface area contributed by atoms with Gasteiger partial charge < -0.3 is 11.1 Å². The molecule has 0 bridgehead atoms. The van der Waals surface area contributed by atoms with E-state index in [1.165, 1.54) is 0 Å². The van der Waals surface area contributed by atoms with Gasteiger partial charge in [-0.3, -0.25) is 0 Å². The summed E-state index contributed by atoms with van der Waals surface area (Å²) in [6.07, 6.45) is 3.38. The van der Waals surface area contributed by atoms with Crippen molar-refractivity contribution < 1.29 is 0 Å². The molecule has 1 unspecified atom stereocenters. The van der Waals surface area contributed by atoms with Crippen molar-refractivity contribution in [2.75, 3.05) is 11.9 Å². The van der Waals surface area contributed by atoms with Crippen LogP contribution < -0.4 is 11.1 Å². The fourth-order valence-electron chi connectivity index (χ4n) is 0.643. The van der Waals surface area contributed by atoms with Crippen LogP contribution in [0.4, 0.5) is 5.95 Å². The smallest absolute Gasteiger partial charge is 0.222 e. The summed E-state index contributed by atoms with van der Waals surface area (Å²) in [7, 11) is 0. The van der Waals surface area contributed by atoms with Crippen LogP contribution in [0.15, 0.2) is 18.5 Å². The molecule has 1 aromatic heterocycles. The van der Waals surface area contributed by atoms with Gasteiger partial charge in [-0.05, 0) is 13.0 Å². The van der Waals surface area contributed by atoms with Gasteiger partial charge in [0.1, 0.15) is 0 Å². The minimum atomic E-state index is 0.124. The average Bonchev–Trinajstić information content (AvgIpc) is 2.03. The zero-order chi connectivity index (χ0) is 8.10. The monoisotopic (exact) mass is 152 g/mol. The lowest BCUT2D eigenvalue weighted by atomic mass is 10.4. The normalized spacial score (nSPS) is 12.5. The quantitative estimate of drug-likeness (QED) is 0.651. The van der Waals surface area contributed by atoms with Crippen LogP contribution in [0, 0.1) is 0 Å².